The van der Waals surface area contributed by atoms with E-state index in [1.807, 2.05) is 18.2 Å². The zero-order valence-electron chi connectivity index (χ0n) is 12.3. The highest BCUT2D eigenvalue weighted by Crippen LogP contribution is 2.20. The van der Waals surface area contributed by atoms with Crippen molar-refractivity contribution < 1.29 is 13.9 Å². The number of aromatic nitrogens is 1. The zero-order chi connectivity index (χ0) is 16.4. The molecule has 6 heteroatoms. The first kappa shape index (κ1) is 15.6. The lowest BCUT2D eigenvalue weighted by Gasteiger charge is -2.07. The van der Waals surface area contributed by atoms with Crippen molar-refractivity contribution in [2.24, 2.45) is 0 Å². The molecule has 1 amide bonds. The average molecular weight is 377 g/mol. The van der Waals surface area contributed by atoms with E-state index in [1.54, 1.807) is 18.5 Å². The van der Waals surface area contributed by atoms with E-state index in [-0.39, 0.29) is 12.6 Å². The zero-order valence-corrected chi connectivity index (χ0v) is 13.9. The van der Waals surface area contributed by atoms with Gasteiger partial charge in [0.2, 0.25) is 0 Å². The Labute approximate surface area is 141 Å². The van der Waals surface area contributed by atoms with Gasteiger partial charge in [-0.15, -0.1) is 0 Å². The van der Waals surface area contributed by atoms with Gasteiger partial charge in [0.1, 0.15) is 11.6 Å². The van der Waals surface area contributed by atoms with Gasteiger partial charge in [0, 0.05) is 34.9 Å². The Morgan fingerprint density at radius 2 is 2.00 bits per heavy atom. The van der Waals surface area contributed by atoms with Crippen LogP contribution in [0.15, 0.2) is 53.3 Å². The highest BCUT2D eigenvalue weighted by molar-refractivity contribution is 9.10. The normalized spacial score (nSPS) is 10.7. The maximum atomic E-state index is 13.4. The molecule has 0 bridgehead atoms. The molecule has 0 radical (unpaired) electrons. The van der Waals surface area contributed by atoms with Crippen LogP contribution in [0.1, 0.15) is 5.56 Å². The number of nitrogens with one attached hydrogen (secondary N) is 1. The maximum absolute atomic E-state index is 13.4. The standard InChI is InChI=1S/C17H14BrFN2O2/c1-23-16-5-11(4-15(19)7-16)8-20-17(22)21-9-12-2-3-14(18)6-13(12)10-21/h2-7,9-10H,8H2,1H3,(H,20,22). The van der Waals surface area contributed by atoms with Gasteiger partial charge in [-0.3, -0.25) is 4.57 Å². The summed E-state index contributed by atoms with van der Waals surface area (Å²) in [6, 6.07) is 9.86. The average Bonchev–Trinajstić information content (AvgIpc) is 2.95. The smallest absolute Gasteiger partial charge is 0.325 e. The lowest BCUT2D eigenvalue weighted by Crippen LogP contribution is -2.27. The molecule has 0 unspecified atom stereocenters. The Bertz CT molecular complexity index is 876. The topological polar surface area (TPSA) is 43.3 Å². The third-order valence-corrected chi connectivity index (χ3v) is 3.94. The lowest BCUT2D eigenvalue weighted by atomic mass is 10.2. The Balaban J connectivity index is 1.74. The van der Waals surface area contributed by atoms with E-state index < -0.39 is 5.82 Å². The summed E-state index contributed by atoms with van der Waals surface area (Å²) in [6.45, 7) is 0.213. The van der Waals surface area contributed by atoms with Crippen LogP contribution >= 0.6 is 15.9 Å². The van der Waals surface area contributed by atoms with Crippen molar-refractivity contribution in [1.82, 2.24) is 9.88 Å². The van der Waals surface area contributed by atoms with Crippen LogP contribution in [0.4, 0.5) is 9.18 Å². The van der Waals surface area contributed by atoms with Gasteiger partial charge in [-0.05, 0) is 35.2 Å². The van der Waals surface area contributed by atoms with Crippen molar-refractivity contribution in [1.29, 1.82) is 0 Å². The first-order valence-corrected chi connectivity index (χ1v) is 7.73. The predicted molar refractivity (Wildman–Crippen MR) is 90.2 cm³/mol. The number of rotatable bonds is 3. The van der Waals surface area contributed by atoms with Gasteiger partial charge < -0.3 is 10.1 Å². The largest absolute Gasteiger partial charge is 0.497 e. The highest BCUT2D eigenvalue weighted by atomic mass is 79.9. The van der Waals surface area contributed by atoms with Gasteiger partial charge in [-0.25, -0.2) is 9.18 Å². The minimum absolute atomic E-state index is 0.213. The molecule has 0 saturated heterocycles. The van der Waals surface area contributed by atoms with E-state index in [1.165, 1.54) is 23.8 Å². The molecule has 23 heavy (non-hydrogen) atoms. The minimum atomic E-state index is -0.398. The molecule has 3 rings (SSSR count). The number of fused-ring (bicyclic) bond motifs is 1. The molecule has 0 saturated carbocycles. The van der Waals surface area contributed by atoms with Gasteiger partial charge in [0.15, 0.2) is 0 Å². The fourth-order valence-corrected chi connectivity index (χ4v) is 2.72. The van der Waals surface area contributed by atoms with Gasteiger partial charge >= 0.3 is 6.03 Å². The second-order valence-electron chi connectivity index (χ2n) is 5.10. The molecular formula is C17H14BrFN2O2. The van der Waals surface area contributed by atoms with E-state index in [0.29, 0.717) is 11.3 Å². The lowest BCUT2D eigenvalue weighted by molar-refractivity contribution is 0.242. The molecule has 1 heterocycles. The van der Waals surface area contributed by atoms with Gasteiger partial charge in [-0.1, -0.05) is 22.0 Å². The summed E-state index contributed by atoms with van der Waals surface area (Å²) < 4.78 is 20.9. The van der Waals surface area contributed by atoms with Crippen molar-refractivity contribution in [3.05, 3.63) is 64.6 Å². The minimum Gasteiger partial charge on any atom is -0.497 e. The molecule has 2 aromatic carbocycles. The Morgan fingerprint density at radius 1 is 1.22 bits per heavy atom. The van der Waals surface area contributed by atoms with E-state index in [0.717, 1.165) is 15.2 Å². The second kappa shape index (κ2) is 6.42. The summed E-state index contributed by atoms with van der Waals surface area (Å²) in [7, 11) is 1.47. The van der Waals surface area contributed by atoms with Crippen molar-refractivity contribution in [2.75, 3.05) is 7.11 Å². The summed E-state index contributed by atoms with van der Waals surface area (Å²) in [5.41, 5.74) is 0.634. The summed E-state index contributed by atoms with van der Waals surface area (Å²) in [5, 5.41) is 4.69. The third-order valence-electron chi connectivity index (χ3n) is 3.45. The number of methoxy groups -OCH3 is 1. The van der Waals surface area contributed by atoms with Crippen LogP contribution in [0, 0.1) is 5.82 Å². The number of carbonyl (C=O) groups is 1. The van der Waals surface area contributed by atoms with Crippen molar-refractivity contribution in [2.45, 2.75) is 6.54 Å². The summed E-state index contributed by atoms with van der Waals surface area (Å²) in [5.74, 6) is 0.0240. The number of hydrogen-bond donors (Lipinski definition) is 1. The first-order chi connectivity index (χ1) is 11.0. The first-order valence-electron chi connectivity index (χ1n) is 6.94. The molecule has 118 valence electrons. The number of amides is 1. The number of benzene rings is 2. The second-order valence-corrected chi connectivity index (χ2v) is 6.01. The Hall–Kier alpha value is -2.34. The van der Waals surface area contributed by atoms with Gasteiger partial charge in [-0.2, -0.15) is 0 Å². The molecule has 1 N–H and O–H groups in total. The quantitative estimate of drug-likeness (QED) is 0.739. The predicted octanol–water partition coefficient (Wildman–Crippen LogP) is 4.31. The van der Waals surface area contributed by atoms with Crippen LogP contribution in [0.5, 0.6) is 5.75 Å². The van der Waals surface area contributed by atoms with Gasteiger partial charge in [0.25, 0.3) is 0 Å². The molecule has 4 nitrogen and oxygen atoms in total. The molecule has 3 aromatic rings. The fourth-order valence-electron chi connectivity index (χ4n) is 2.34. The highest BCUT2D eigenvalue weighted by Gasteiger charge is 2.08. The van der Waals surface area contributed by atoms with Crippen molar-refractivity contribution in [3.8, 4) is 5.75 Å². The van der Waals surface area contributed by atoms with Crippen LogP contribution in [0.2, 0.25) is 0 Å². The van der Waals surface area contributed by atoms with E-state index in [4.69, 9.17) is 4.74 Å². The maximum Gasteiger partial charge on any atom is 0.325 e. The van der Waals surface area contributed by atoms with Crippen LogP contribution in [-0.2, 0) is 6.54 Å². The summed E-state index contributed by atoms with van der Waals surface area (Å²) >= 11 is 3.40. The van der Waals surface area contributed by atoms with Gasteiger partial charge in [0.05, 0.1) is 7.11 Å². The van der Waals surface area contributed by atoms with E-state index in [2.05, 4.69) is 21.2 Å². The number of carbonyl (C=O) groups excluding carboxylic acids is 1. The fraction of sp³-hybridized carbons (Fsp3) is 0.118. The molecular weight excluding hydrogens is 363 g/mol. The number of halogens is 2. The molecule has 0 aliphatic rings. The SMILES string of the molecule is COc1cc(F)cc(CNC(=O)n2cc3ccc(Br)cc3c2)c1. The summed E-state index contributed by atoms with van der Waals surface area (Å²) in [6.07, 6.45) is 3.50. The Kier molecular flexibility index (Phi) is 4.34. The number of hydrogen-bond acceptors (Lipinski definition) is 2. The van der Waals surface area contributed by atoms with E-state index in [9.17, 15) is 9.18 Å². The molecule has 0 aliphatic carbocycles. The molecule has 1 aromatic heterocycles. The van der Waals surface area contributed by atoms with E-state index >= 15 is 0 Å². The molecule has 0 fully saturated rings. The monoisotopic (exact) mass is 376 g/mol. The summed E-state index contributed by atoms with van der Waals surface area (Å²) in [4.78, 5) is 12.2. The number of nitrogens with zero attached hydrogens (tertiary/aromatic N) is 1. The molecule has 0 atom stereocenters. The van der Waals surface area contributed by atoms with Crippen molar-refractivity contribution >= 4 is 32.7 Å². The van der Waals surface area contributed by atoms with Crippen LogP contribution in [0.3, 0.4) is 0 Å². The third kappa shape index (κ3) is 3.53. The number of ether oxygens (including phenoxy) is 1. The molecule has 0 aliphatic heterocycles. The van der Waals surface area contributed by atoms with Crippen molar-refractivity contribution in [3.63, 3.8) is 0 Å². The molecule has 0 spiro atoms. The van der Waals surface area contributed by atoms with Crippen LogP contribution < -0.4 is 10.1 Å². The van der Waals surface area contributed by atoms with Crippen LogP contribution in [-0.4, -0.2) is 17.7 Å². The Morgan fingerprint density at radius 3 is 2.78 bits per heavy atom. The van der Waals surface area contributed by atoms with Crippen LogP contribution in [0.25, 0.3) is 10.8 Å².